The summed E-state index contributed by atoms with van der Waals surface area (Å²) in [7, 11) is 1.55. The molecule has 1 heterocycles. The third-order valence-electron chi connectivity index (χ3n) is 4.47. The fraction of sp³-hybridized carbons (Fsp3) is 0.292. The molecule has 0 saturated carbocycles. The second kappa shape index (κ2) is 10.5. The van der Waals surface area contributed by atoms with Gasteiger partial charge in [-0.25, -0.2) is 14.6 Å². The molecule has 1 aromatic heterocycles. The zero-order chi connectivity index (χ0) is 23.8. The molecule has 174 valence electrons. The van der Waals surface area contributed by atoms with E-state index in [0.717, 1.165) is 16.7 Å². The fourth-order valence-electron chi connectivity index (χ4n) is 2.94. The maximum Gasteiger partial charge on any atom is 0.407 e. The summed E-state index contributed by atoms with van der Waals surface area (Å²) >= 11 is 0. The summed E-state index contributed by atoms with van der Waals surface area (Å²) in [5.74, 6) is 1.13. The molecule has 0 fully saturated rings. The monoisotopic (exact) mass is 452 g/mol. The summed E-state index contributed by atoms with van der Waals surface area (Å²) < 4.78 is 15.9. The van der Waals surface area contributed by atoms with Gasteiger partial charge in [0.15, 0.2) is 12.2 Å². The summed E-state index contributed by atoms with van der Waals surface area (Å²) in [6.45, 7) is 6.14. The van der Waals surface area contributed by atoms with E-state index >= 15 is 0 Å². The van der Waals surface area contributed by atoms with Gasteiger partial charge in [0.25, 0.3) is 0 Å². The van der Waals surface area contributed by atoms with E-state index in [1.807, 2.05) is 45.0 Å². The minimum Gasteiger partial charge on any atom is -0.496 e. The smallest absolute Gasteiger partial charge is 0.407 e. The molecule has 3 rings (SSSR count). The van der Waals surface area contributed by atoms with Crippen LogP contribution in [0.3, 0.4) is 0 Å². The van der Waals surface area contributed by atoms with Crippen LogP contribution in [0, 0.1) is 0 Å². The van der Waals surface area contributed by atoms with E-state index in [1.54, 1.807) is 31.5 Å². The predicted molar refractivity (Wildman–Crippen MR) is 124 cm³/mol. The number of alkyl carbamates (subject to hydrolysis) is 1. The number of benzene rings is 2. The number of carbonyl (C=O) groups is 2. The van der Waals surface area contributed by atoms with E-state index in [2.05, 4.69) is 20.9 Å². The Labute approximate surface area is 192 Å². The molecule has 2 aromatic carbocycles. The number of hydrogen-bond acceptors (Lipinski definition) is 6. The average Bonchev–Trinajstić information content (AvgIpc) is 3.30. The van der Waals surface area contributed by atoms with Crippen molar-refractivity contribution in [2.75, 3.05) is 12.4 Å². The summed E-state index contributed by atoms with van der Waals surface area (Å²) in [5.41, 5.74) is 2.63. The largest absolute Gasteiger partial charge is 0.496 e. The molecule has 3 aromatic rings. The van der Waals surface area contributed by atoms with E-state index in [-0.39, 0.29) is 6.03 Å². The number of nitrogens with zero attached hydrogens (tertiary/aromatic N) is 1. The maximum atomic E-state index is 12.3. The van der Waals surface area contributed by atoms with Gasteiger partial charge in [-0.05, 0) is 44.0 Å². The highest BCUT2D eigenvalue weighted by molar-refractivity contribution is 5.90. The number of methoxy groups -OCH3 is 1. The molecule has 0 radical (unpaired) electrons. The maximum absolute atomic E-state index is 12.3. The molecule has 0 spiro atoms. The lowest BCUT2D eigenvalue weighted by Crippen LogP contribution is -2.32. The van der Waals surface area contributed by atoms with E-state index in [1.165, 1.54) is 6.39 Å². The Morgan fingerprint density at radius 1 is 1.00 bits per heavy atom. The lowest BCUT2D eigenvalue weighted by atomic mass is 10.1. The van der Waals surface area contributed by atoms with Crippen LogP contribution in [-0.4, -0.2) is 29.8 Å². The fourth-order valence-corrected chi connectivity index (χ4v) is 2.94. The van der Waals surface area contributed by atoms with Crippen molar-refractivity contribution in [1.29, 1.82) is 0 Å². The standard InChI is InChI=1S/C24H28N4O5/c1-24(2,3)33-23(30)27-13-17-7-5-16(6-8-17)12-26-22(29)28-18-9-10-19(20(11-18)31-4)21-14-25-15-32-21/h5-11,14-15H,12-13H2,1-4H3,(H,27,30)(H2,26,28,29). The van der Waals surface area contributed by atoms with Crippen LogP contribution in [0.5, 0.6) is 5.75 Å². The number of rotatable bonds is 7. The van der Waals surface area contributed by atoms with Gasteiger partial charge < -0.3 is 29.8 Å². The van der Waals surface area contributed by atoms with Gasteiger partial charge in [-0.1, -0.05) is 24.3 Å². The van der Waals surface area contributed by atoms with Crippen LogP contribution in [-0.2, 0) is 17.8 Å². The number of hydrogen-bond donors (Lipinski definition) is 3. The highest BCUT2D eigenvalue weighted by Gasteiger charge is 2.15. The summed E-state index contributed by atoms with van der Waals surface area (Å²) in [6.07, 6.45) is 2.48. The Morgan fingerprint density at radius 3 is 2.24 bits per heavy atom. The van der Waals surface area contributed by atoms with Gasteiger partial charge in [0, 0.05) is 24.8 Å². The summed E-state index contributed by atoms with van der Waals surface area (Å²) in [4.78, 5) is 28.0. The van der Waals surface area contributed by atoms with Crippen LogP contribution in [0.4, 0.5) is 15.3 Å². The molecule has 0 aliphatic rings. The lowest BCUT2D eigenvalue weighted by molar-refractivity contribution is 0.0523. The Morgan fingerprint density at radius 2 is 1.67 bits per heavy atom. The molecule has 3 amide bonds. The van der Waals surface area contributed by atoms with Crippen LogP contribution < -0.4 is 20.7 Å². The van der Waals surface area contributed by atoms with Crippen molar-refractivity contribution < 1.29 is 23.5 Å². The number of aromatic nitrogens is 1. The first-order valence-corrected chi connectivity index (χ1v) is 10.4. The zero-order valence-corrected chi connectivity index (χ0v) is 19.1. The average molecular weight is 453 g/mol. The minimum absolute atomic E-state index is 0.346. The first kappa shape index (κ1) is 23.6. The number of anilines is 1. The van der Waals surface area contributed by atoms with Crippen LogP contribution in [0.2, 0.25) is 0 Å². The second-order valence-corrected chi connectivity index (χ2v) is 8.26. The van der Waals surface area contributed by atoms with Gasteiger partial charge >= 0.3 is 12.1 Å². The highest BCUT2D eigenvalue weighted by atomic mass is 16.6. The van der Waals surface area contributed by atoms with Gasteiger partial charge in [0.1, 0.15) is 11.4 Å². The molecule has 0 atom stereocenters. The number of amides is 3. The molecule has 9 nitrogen and oxygen atoms in total. The Bertz CT molecular complexity index is 1070. The van der Waals surface area contributed by atoms with Crippen LogP contribution in [0.25, 0.3) is 11.3 Å². The molecular formula is C24H28N4O5. The highest BCUT2D eigenvalue weighted by Crippen LogP contribution is 2.32. The van der Waals surface area contributed by atoms with Gasteiger partial charge in [-0.2, -0.15) is 0 Å². The molecule has 0 bridgehead atoms. The Balaban J connectivity index is 1.48. The normalized spacial score (nSPS) is 10.9. The lowest BCUT2D eigenvalue weighted by Gasteiger charge is -2.19. The number of urea groups is 1. The van der Waals surface area contributed by atoms with Crippen molar-refractivity contribution in [2.45, 2.75) is 39.5 Å². The number of oxazole rings is 1. The molecule has 0 aliphatic heterocycles. The van der Waals surface area contributed by atoms with Crippen LogP contribution >= 0.6 is 0 Å². The topological polar surface area (TPSA) is 115 Å². The van der Waals surface area contributed by atoms with Crippen molar-refractivity contribution in [3.8, 4) is 17.1 Å². The zero-order valence-electron chi connectivity index (χ0n) is 19.1. The van der Waals surface area contributed by atoms with Crippen molar-refractivity contribution in [1.82, 2.24) is 15.6 Å². The molecule has 9 heteroatoms. The van der Waals surface area contributed by atoms with Crippen molar-refractivity contribution >= 4 is 17.8 Å². The SMILES string of the molecule is COc1cc(NC(=O)NCc2ccc(CNC(=O)OC(C)(C)C)cc2)ccc1-c1cnco1. The van der Waals surface area contributed by atoms with E-state index in [9.17, 15) is 9.59 Å². The van der Waals surface area contributed by atoms with Crippen molar-refractivity contribution in [2.24, 2.45) is 0 Å². The molecule has 33 heavy (non-hydrogen) atoms. The van der Waals surface area contributed by atoms with Gasteiger partial charge in [-0.3, -0.25) is 0 Å². The third-order valence-corrected chi connectivity index (χ3v) is 4.47. The minimum atomic E-state index is -0.537. The van der Waals surface area contributed by atoms with Gasteiger partial charge in [0.2, 0.25) is 0 Å². The molecule has 0 saturated heterocycles. The predicted octanol–water partition coefficient (Wildman–Crippen LogP) is 4.70. The van der Waals surface area contributed by atoms with E-state index in [0.29, 0.717) is 30.3 Å². The molecule has 0 unspecified atom stereocenters. The van der Waals surface area contributed by atoms with E-state index < -0.39 is 11.7 Å². The summed E-state index contributed by atoms with van der Waals surface area (Å²) in [6, 6.07) is 12.5. The van der Waals surface area contributed by atoms with Crippen molar-refractivity contribution in [3.63, 3.8) is 0 Å². The van der Waals surface area contributed by atoms with Gasteiger partial charge in [0.05, 0.1) is 18.9 Å². The Kier molecular flexibility index (Phi) is 7.55. The van der Waals surface area contributed by atoms with Crippen molar-refractivity contribution in [3.05, 3.63) is 66.2 Å². The first-order chi connectivity index (χ1) is 15.7. The Hall–Kier alpha value is -4.01. The van der Waals surface area contributed by atoms with Crippen LogP contribution in [0.1, 0.15) is 31.9 Å². The van der Waals surface area contributed by atoms with E-state index in [4.69, 9.17) is 13.9 Å². The number of carbonyl (C=O) groups excluding carboxylic acids is 2. The first-order valence-electron chi connectivity index (χ1n) is 10.4. The molecule has 3 N–H and O–H groups in total. The quantitative estimate of drug-likeness (QED) is 0.479. The number of nitrogens with one attached hydrogen (secondary N) is 3. The second-order valence-electron chi connectivity index (χ2n) is 8.26. The third kappa shape index (κ3) is 7.27. The van der Waals surface area contributed by atoms with Gasteiger partial charge in [-0.15, -0.1) is 0 Å². The summed E-state index contributed by atoms with van der Waals surface area (Å²) in [5, 5.41) is 8.31. The van der Waals surface area contributed by atoms with Crippen LogP contribution in [0.15, 0.2) is 59.5 Å². The molecular weight excluding hydrogens is 424 g/mol. The molecule has 0 aliphatic carbocycles. The number of ether oxygens (including phenoxy) is 2.